The predicted octanol–water partition coefficient (Wildman–Crippen LogP) is 2.08. The molecule has 0 spiro atoms. The van der Waals surface area contributed by atoms with E-state index in [4.69, 9.17) is 10.2 Å². The monoisotopic (exact) mass is 183 g/mol. The van der Waals surface area contributed by atoms with E-state index >= 15 is 0 Å². The largest absolute Gasteiger partial charge is 0.434 e. The van der Waals surface area contributed by atoms with E-state index in [1.807, 2.05) is 0 Å². The van der Waals surface area contributed by atoms with Crippen LogP contribution in [0.3, 0.4) is 0 Å². The molecule has 0 aliphatic heterocycles. The van der Waals surface area contributed by atoms with Gasteiger partial charge in [-0.1, -0.05) is 13.3 Å². The topological polar surface area (TPSA) is 65.5 Å². The fraction of sp³-hybridized carbons (Fsp3) is 0.444. The minimum absolute atomic E-state index is 0.223. The number of carbonyl (C=O) groups is 1. The summed E-state index contributed by atoms with van der Waals surface area (Å²) in [6.07, 6.45) is 3.61. The average molecular weight is 183 g/mol. The quantitative estimate of drug-likeness (QED) is 0.777. The molecule has 0 aliphatic rings. The summed E-state index contributed by atoms with van der Waals surface area (Å²) in [5.41, 5.74) is 5.75. The Bertz CT molecular complexity index is 280. The van der Waals surface area contributed by atoms with E-state index in [0.29, 0.717) is 0 Å². The Hall–Kier alpha value is -1.45. The van der Waals surface area contributed by atoms with Crippen molar-refractivity contribution in [3.8, 4) is 5.95 Å². The van der Waals surface area contributed by atoms with Crippen LogP contribution in [0, 0.1) is 0 Å². The molecule has 0 fully saturated rings. The molecule has 4 nitrogen and oxygen atoms in total. The van der Waals surface area contributed by atoms with E-state index in [-0.39, 0.29) is 5.95 Å². The minimum Gasteiger partial charge on any atom is -0.434 e. The first-order valence-corrected chi connectivity index (χ1v) is 4.27. The molecule has 0 unspecified atom stereocenters. The van der Waals surface area contributed by atoms with Gasteiger partial charge in [-0.15, -0.1) is 0 Å². The molecule has 72 valence electrons. The Morgan fingerprint density at radius 2 is 2.46 bits per heavy atom. The van der Waals surface area contributed by atoms with Gasteiger partial charge in [-0.2, -0.15) is 0 Å². The average Bonchev–Trinajstić information content (AvgIpc) is 2.48. The summed E-state index contributed by atoms with van der Waals surface area (Å²) < 4.78 is 9.60. The van der Waals surface area contributed by atoms with Crippen LogP contribution >= 0.6 is 0 Å². The van der Waals surface area contributed by atoms with Gasteiger partial charge in [0.05, 0.1) is 6.26 Å². The summed E-state index contributed by atoms with van der Waals surface area (Å²) in [5.74, 6) is 0.223. The lowest BCUT2D eigenvalue weighted by molar-refractivity contribution is 0.197. The molecule has 1 rings (SSSR count). The fourth-order valence-electron chi connectivity index (χ4n) is 1.06. The fourth-order valence-corrected chi connectivity index (χ4v) is 1.06. The number of aryl methyl sites for hydroxylation is 1. The van der Waals surface area contributed by atoms with Crippen molar-refractivity contribution < 1.29 is 13.9 Å². The van der Waals surface area contributed by atoms with Gasteiger partial charge in [-0.25, -0.2) is 4.79 Å². The zero-order chi connectivity index (χ0) is 9.68. The summed E-state index contributed by atoms with van der Waals surface area (Å²) >= 11 is 0. The minimum atomic E-state index is -0.840. The third-order valence-electron chi connectivity index (χ3n) is 1.70. The van der Waals surface area contributed by atoms with Gasteiger partial charge in [0.1, 0.15) is 0 Å². The van der Waals surface area contributed by atoms with Gasteiger partial charge in [-0.3, -0.25) is 0 Å². The molecule has 0 aliphatic carbocycles. The van der Waals surface area contributed by atoms with Gasteiger partial charge in [-0.05, 0) is 18.9 Å². The number of primary amides is 1. The van der Waals surface area contributed by atoms with Crippen molar-refractivity contribution in [2.24, 2.45) is 5.73 Å². The number of unbranched alkanes of at least 4 members (excludes halogenated alkanes) is 1. The molecular formula is C9H13NO3. The molecule has 1 aromatic rings. The maximum atomic E-state index is 10.4. The maximum Gasteiger partial charge on any atom is 0.412 e. The lowest BCUT2D eigenvalue weighted by Crippen LogP contribution is -2.16. The van der Waals surface area contributed by atoms with Gasteiger partial charge in [0, 0.05) is 5.56 Å². The van der Waals surface area contributed by atoms with Crippen LogP contribution in [0.5, 0.6) is 5.95 Å². The lowest BCUT2D eigenvalue weighted by atomic mass is 10.1. The van der Waals surface area contributed by atoms with Crippen molar-refractivity contribution in [3.05, 3.63) is 17.9 Å². The van der Waals surface area contributed by atoms with E-state index in [1.165, 1.54) is 6.26 Å². The third-order valence-corrected chi connectivity index (χ3v) is 1.70. The standard InChI is InChI=1S/C9H13NO3/c1-2-3-4-7-5-6-12-8(7)13-9(10)11/h5-6H,2-4H2,1H3,(H2,10,11). The highest BCUT2D eigenvalue weighted by Gasteiger charge is 2.09. The molecule has 1 aromatic heterocycles. The molecule has 0 atom stereocenters. The zero-order valence-electron chi connectivity index (χ0n) is 7.58. The van der Waals surface area contributed by atoms with E-state index in [1.54, 1.807) is 6.07 Å². The van der Waals surface area contributed by atoms with Crippen molar-refractivity contribution in [3.63, 3.8) is 0 Å². The molecule has 0 saturated carbocycles. The van der Waals surface area contributed by atoms with Crippen LogP contribution < -0.4 is 10.5 Å². The SMILES string of the molecule is CCCCc1ccoc1OC(N)=O. The lowest BCUT2D eigenvalue weighted by Gasteiger charge is -1.99. The molecule has 0 bridgehead atoms. The van der Waals surface area contributed by atoms with Crippen molar-refractivity contribution >= 4 is 6.09 Å². The molecule has 13 heavy (non-hydrogen) atoms. The van der Waals surface area contributed by atoms with Gasteiger partial charge >= 0.3 is 6.09 Å². The molecule has 0 aromatic carbocycles. The van der Waals surface area contributed by atoms with Crippen molar-refractivity contribution in [1.82, 2.24) is 0 Å². The predicted molar refractivity (Wildman–Crippen MR) is 47.5 cm³/mol. The number of hydrogen-bond donors (Lipinski definition) is 1. The Morgan fingerprint density at radius 1 is 1.69 bits per heavy atom. The number of hydrogen-bond acceptors (Lipinski definition) is 3. The molecule has 1 heterocycles. The number of rotatable bonds is 4. The summed E-state index contributed by atoms with van der Waals surface area (Å²) in [4.78, 5) is 10.4. The number of ether oxygens (including phenoxy) is 1. The summed E-state index contributed by atoms with van der Waals surface area (Å²) in [5, 5.41) is 0. The van der Waals surface area contributed by atoms with E-state index < -0.39 is 6.09 Å². The number of amides is 1. The first-order chi connectivity index (χ1) is 6.24. The first kappa shape index (κ1) is 9.64. The van der Waals surface area contributed by atoms with Crippen molar-refractivity contribution in [2.45, 2.75) is 26.2 Å². The van der Waals surface area contributed by atoms with E-state index in [2.05, 4.69) is 11.7 Å². The Kier molecular flexibility index (Phi) is 3.37. The van der Waals surface area contributed by atoms with Crippen LogP contribution in [0.25, 0.3) is 0 Å². The molecular weight excluding hydrogens is 170 g/mol. The first-order valence-electron chi connectivity index (χ1n) is 4.27. The van der Waals surface area contributed by atoms with Crippen LogP contribution in [0.1, 0.15) is 25.3 Å². The number of nitrogens with two attached hydrogens (primary N) is 1. The highest BCUT2D eigenvalue weighted by atomic mass is 16.6. The maximum absolute atomic E-state index is 10.4. The van der Waals surface area contributed by atoms with Gasteiger partial charge < -0.3 is 14.9 Å². The van der Waals surface area contributed by atoms with Gasteiger partial charge in [0.15, 0.2) is 0 Å². The number of carbonyl (C=O) groups excluding carboxylic acids is 1. The normalized spacial score (nSPS) is 9.92. The smallest absolute Gasteiger partial charge is 0.412 e. The zero-order valence-corrected chi connectivity index (χ0v) is 7.58. The molecule has 0 saturated heterocycles. The Labute approximate surface area is 76.7 Å². The highest BCUT2D eigenvalue weighted by Crippen LogP contribution is 2.21. The molecule has 2 N–H and O–H groups in total. The summed E-state index contributed by atoms with van der Waals surface area (Å²) in [6, 6.07) is 1.79. The summed E-state index contributed by atoms with van der Waals surface area (Å²) in [7, 11) is 0. The molecule has 1 amide bonds. The van der Waals surface area contributed by atoms with Crippen molar-refractivity contribution in [1.29, 1.82) is 0 Å². The number of furan rings is 1. The third kappa shape index (κ3) is 2.82. The Balaban J connectivity index is 2.60. The molecule has 0 radical (unpaired) electrons. The highest BCUT2D eigenvalue weighted by molar-refractivity contribution is 5.67. The second-order valence-electron chi connectivity index (χ2n) is 2.76. The summed E-state index contributed by atoms with van der Waals surface area (Å²) in [6.45, 7) is 2.09. The second kappa shape index (κ2) is 4.54. The van der Waals surface area contributed by atoms with Crippen molar-refractivity contribution in [2.75, 3.05) is 0 Å². The van der Waals surface area contributed by atoms with Crippen LogP contribution in [0.15, 0.2) is 16.7 Å². The Morgan fingerprint density at radius 3 is 3.08 bits per heavy atom. The van der Waals surface area contributed by atoms with Crippen LogP contribution in [-0.2, 0) is 6.42 Å². The van der Waals surface area contributed by atoms with Crippen LogP contribution in [-0.4, -0.2) is 6.09 Å². The van der Waals surface area contributed by atoms with Crippen LogP contribution in [0.4, 0.5) is 4.79 Å². The van der Waals surface area contributed by atoms with E-state index in [0.717, 1.165) is 24.8 Å². The molecule has 4 heteroatoms. The van der Waals surface area contributed by atoms with Crippen LogP contribution in [0.2, 0.25) is 0 Å². The second-order valence-corrected chi connectivity index (χ2v) is 2.76. The van der Waals surface area contributed by atoms with E-state index in [9.17, 15) is 4.79 Å². The van der Waals surface area contributed by atoms with Gasteiger partial charge in [0.2, 0.25) is 0 Å². The van der Waals surface area contributed by atoms with Gasteiger partial charge in [0.25, 0.3) is 5.95 Å².